The highest BCUT2D eigenvalue weighted by atomic mass is 35.5. The maximum Gasteiger partial charge on any atom is 0.321 e. The van der Waals surface area contributed by atoms with Crippen molar-refractivity contribution >= 4 is 52.1 Å². The molecule has 2 saturated heterocycles. The Morgan fingerprint density at radius 2 is 1.74 bits per heavy atom. The predicted molar refractivity (Wildman–Crippen MR) is 148 cm³/mol. The molecule has 1 amide bonds. The van der Waals surface area contributed by atoms with Crippen LogP contribution in [0.3, 0.4) is 0 Å². The van der Waals surface area contributed by atoms with Gasteiger partial charge in [0.25, 0.3) is 0 Å². The van der Waals surface area contributed by atoms with Crippen LogP contribution in [-0.2, 0) is 9.59 Å². The lowest BCUT2D eigenvalue weighted by atomic mass is 9.84. The molecule has 2 aliphatic rings. The Morgan fingerprint density at radius 1 is 1.00 bits per heavy atom. The lowest BCUT2D eigenvalue weighted by Gasteiger charge is -2.41. The van der Waals surface area contributed by atoms with Gasteiger partial charge in [0.15, 0.2) is 0 Å². The number of likely N-dealkylation sites (tertiary alicyclic amines) is 2. The molecule has 38 heavy (non-hydrogen) atoms. The molecule has 6 nitrogen and oxygen atoms in total. The summed E-state index contributed by atoms with van der Waals surface area (Å²) in [6, 6.07) is 9.44. The van der Waals surface area contributed by atoms with Crippen molar-refractivity contribution in [3.63, 3.8) is 0 Å². The van der Waals surface area contributed by atoms with Crippen LogP contribution in [0.1, 0.15) is 42.7 Å². The zero-order valence-corrected chi connectivity index (χ0v) is 22.4. The van der Waals surface area contributed by atoms with Crippen LogP contribution in [0.5, 0.6) is 0 Å². The summed E-state index contributed by atoms with van der Waals surface area (Å²) in [4.78, 5) is 32.1. The normalized spacial score (nSPS) is 18.9. The monoisotopic (exact) mass is 557 g/mol. The molecule has 0 radical (unpaired) electrons. The van der Waals surface area contributed by atoms with Crippen molar-refractivity contribution in [3.8, 4) is 0 Å². The molecule has 1 aromatic heterocycles. The van der Waals surface area contributed by atoms with Gasteiger partial charge in [-0.15, -0.1) is 0 Å². The number of rotatable bonds is 6. The second-order valence-electron chi connectivity index (χ2n) is 10.2. The van der Waals surface area contributed by atoms with Crippen LogP contribution in [0.25, 0.3) is 17.0 Å². The number of fused-ring (bicyclic) bond motifs is 1. The van der Waals surface area contributed by atoms with E-state index in [-0.39, 0.29) is 17.6 Å². The van der Waals surface area contributed by atoms with Gasteiger partial charge in [-0.3, -0.25) is 14.5 Å². The molecule has 2 N–H and O–H groups in total. The molecule has 0 aliphatic carbocycles. The number of aliphatic carboxylic acids is 1. The van der Waals surface area contributed by atoms with Gasteiger partial charge < -0.3 is 15.0 Å². The summed E-state index contributed by atoms with van der Waals surface area (Å²) in [6.07, 6.45) is 8.20. The Labute approximate surface area is 231 Å². The van der Waals surface area contributed by atoms with E-state index in [0.29, 0.717) is 55.0 Å². The van der Waals surface area contributed by atoms with Crippen LogP contribution in [0, 0.1) is 11.7 Å². The molecule has 0 saturated carbocycles. The summed E-state index contributed by atoms with van der Waals surface area (Å²) in [6.45, 7) is 2.45. The van der Waals surface area contributed by atoms with Crippen LogP contribution in [0.15, 0.2) is 48.7 Å². The van der Waals surface area contributed by atoms with Crippen molar-refractivity contribution in [2.24, 2.45) is 5.92 Å². The molecule has 1 unspecified atom stereocenters. The van der Waals surface area contributed by atoms with Crippen molar-refractivity contribution < 1.29 is 19.1 Å². The van der Waals surface area contributed by atoms with Crippen LogP contribution in [-0.4, -0.2) is 64.0 Å². The number of aromatic amines is 1. The van der Waals surface area contributed by atoms with E-state index in [4.69, 9.17) is 23.2 Å². The summed E-state index contributed by atoms with van der Waals surface area (Å²) < 4.78 is 13.6. The Hall–Kier alpha value is -2.87. The molecule has 3 aromatic rings. The SMILES string of the molecule is O=C(O)C(C1CCN(C(=O)C=Cc2ccc(Cl)c(Cl)c2)CC1)N1CCC(c2c[nH]c3cc(F)ccc23)CC1. The first-order valence-electron chi connectivity index (χ1n) is 13.0. The molecule has 200 valence electrons. The van der Waals surface area contributed by atoms with E-state index in [1.807, 2.05) is 12.3 Å². The highest BCUT2D eigenvalue weighted by Crippen LogP contribution is 2.35. The average Bonchev–Trinajstić information content (AvgIpc) is 3.33. The number of carboxylic acids is 1. The lowest BCUT2D eigenvalue weighted by molar-refractivity contribution is -0.147. The smallest absolute Gasteiger partial charge is 0.321 e. The van der Waals surface area contributed by atoms with Gasteiger partial charge in [-0.2, -0.15) is 0 Å². The zero-order chi connectivity index (χ0) is 26.8. The van der Waals surface area contributed by atoms with Gasteiger partial charge in [0.2, 0.25) is 5.91 Å². The minimum Gasteiger partial charge on any atom is -0.480 e. The first kappa shape index (κ1) is 26.7. The molecular weight excluding hydrogens is 528 g/mol. The highest BCUT2D eigenvalue weighted by molar-refractivity contribution is 6.42. The Bertz CT molecular complexity index is 1360. The van der Waals surface area contributed by atoms with E-state index in [9.17, 15) is 19.1 Å². The molecular formula is C29H30Cl2FN3O3. The molecule has 9 heteroatoms. The fourth-order valence-corrected chi connectivity index (χ4v) is 6.23. The number of hydrogen-bond donors (Lipinski definition) is 2. The molecule has 2 aliphatic heterocycles. The fraction of sp³-hybridized carbons (Fsp3) is 0.379. The van der Waals surface area contributed by atoms with Gasteiger partial charge in [-0.25, -0.2) is 4.39 Å². The van der Waals surface area contributed by atoms with Crippen LogP contribution in [0.2, 0.25) is 10.0 Å². The Kier molecular flexibility index (Phi) is 8.07. The molecule has 0 bridgehead atoms. The molecule has 5 rings (SSSR count). The van der Waals surface area contributed by atoms with Gasteiger partial charge in [0.1, 0.15) is 11.9 Å². The molecule has 0 spiro atoms. The number of amides is 1. The number of aromatic nitrogens is 1. The summed E-state index contributed by atoms with van der Waals surface area (Å²) >= 11 is 12.0. The minimum atomic E-state index is -0.796. The third-order valence-electron chi connectivity index (χ3n) is 7.95. The van der Waals surface area contributed by atoms with Gasteiger partial charge >= 0.3 is 5.97 Å². The average molecular weight is 558 g/mol. The third-order valence-corrected chi connectivity index (χ3v) is 8.69. The number of nitrogens with one attached hydrogen (secondary N) is 1. The number of hydrogen-bond acceptors (Lipinski definition) is 3. The van der Waals surface area contributed by atoms with Crippen molar-refractivity contribution in [1.29, 1.82) is 0 Å². The van der Waals surface area contributed by atoms with E-state index >= 15 is 0 Å². The van der Waals surface area contributed by atoms with E-state index in [2.05, 4.69) is 9.88 Å². The lowest BCUT2D eigenvalue weighted by Crippen LogP contribution is -2.52. The van der Waals surface area contributed by atoms with Gasteiger partial charge in [0, 0.05) is 36.3 Å². The quantitative estimate of drug-likeness (QED) is 0.354. The number of piperidine rings is 2. The number of nitrogens with zero attached hydrogens (tertiary/aromatic N) is 2. The molecule has 2 aromatic carbocycles. The number of carboxylic acid groups (broad SMARTS) is 1. The first-order chi connectivity index (χ1) is 18.3. The van der Waals surface area contributed by atoms with Gasteiger partial charge in [0.05, 0.1) is 10.0 Å². The topological polar surface area (TPSA) is 76.6 Å². The summed E-state index contributed by atoms with van der Waals surface area (Å²) in [5.41, 5.74) is 2.75. The molecule has 3 heterocycles. The standard InChI is InChI=1S/C29H30Cl2FN3O3/c30-24-5-1-18(15-25(24)31)2-6-27(36)34-11-9-20(10-12-34)28(29(37)38)35-13-7-19(8-14-35)23-17-33-26-16-21(32)3-4-22(23)26/h1-6,15-17,19-20,28,33H,7-14H2,(H,37,38). The number of halogens is 3. The zero-order valence-electron chi connectivity index (χ0n) is 20.9. The van der Waals surface area contributed by atoms with E-state index < -0.39 is 12.0 Å². The second-order valence-corrected chi connectivity index (χ2v) is 11.0. The Morgan fingerprint density at radius 3 is 2.42 bits per heavy atom. The summed E-state index contributed by atoms with van der Waals surface area (Å²) in [7, 11) is 0. The summed E-state index contributed by atoms with van der Waals surface area (Å²) in [5.74, 6) is -0.860. The second kappa shape index (κ2) is 11.5. The van der Waals surface area contributed by atoms with Gasteiger partial charge in [-0.05, 0) is 98.1 Å². The summed E-state index contributed by atoms with van der Waals surface area (Å²) in [5, 5.41) is 12.1. The van der Waals surface area contributed by atoms with E-state index in [1.54, 1.807) is 29.2 Å². The minimum absolute atomic E-state index is 0.0109. The maximum absolute atomic E-state index is 13.6. The molecule has 1 atom stereocenters. The van der Waals surface area contributed by atoms with Crippen LogP contribution >= 0.6 is 23.2 Å². The van der Waals surface area contributed by atoms with Gasteiger partial charge in [-0.1, -0.05) is 29.3 Å². The van der Waals surface area contributed by atoms with Crippen molar-refractivity contribution in [1.82, 2.24) is 14.8 Å². The Balaban J connectivity index is 1.17. The van der Waals surface area contributed by atoms with Crippen LogP contribution < -0.4 is 0 Å². The van der Waals surface area contributed by atoms with Crippen molar-refractivity contribution in [3.05, 3.63) is 75.7 Å². The molecule has 2 fully saturated rings. The maximum atomic E-state index is 13.6. The van der Waals surface area contributed by atoms with Crippen molar-refractivity contribution in [2.45, 2.75) is 37.6 Å². The largest absolute Gasteiger partial charge is 0.480 e. The van der Waals surface area contributed by atoms with Crippen molar-refractivity contribution in [2.75, 3.05) is 26.2 Å². The van der Waals surface area contributed by atoms with Crippen LogP contribution in [0.4, 0.5) is 4.39 Å². The number of carbonyl (C=O) groups is 2. The number of H-pyrrole nitrogens is 1. The first-order valence-corrected chi connectivity index (χ1v) is 13.7. The number of benzene rings is 2. The van der Waals surface area contributed by atoms with E-state index in [1.165, 1.54) is 23.8 Å². The third kappa shape index (κ3) is 5.75. The highest BCUT2D eigenvalue weighted by Gasteiger charge is 2.38. The van der Waals surface area contributed by atoms with E-state index in [0.717, 1.165) is 29.3 Å². The predicted octanol–water partition coefficient (Wildman–Crippen LogP) is 6.20. The number of carbonyl (C=O) groups excluding carboxylic acids is 1. The fourth-order valence-electron chi connectivity index (χ4n) is 5.93.